The van der Waals surface area contributed by atoms with Crippen molar-refractivity contribution in [2.45, 2.75) is 19.3 Å². The Morgan fingerprint density at radius 1 is 1.53 bits per heavy atom. The van der Waals surface area contributed by atoms with Gasteiger partial charge in [0.15, 0.2) is 5.15 Å². The molecule has 4 nitrogen and oxygen atoms in total. The molecule has 2 aromatic rings. The van der Waals surface area contributed by atoms with Crippen LogP contribution >= 0.6 is 22.9 Å². The first-order chi connectivity index (χ1) is 8.15. The summed E-state index contributed by atoms with van der Waals surface area (Å²) in [7, 11) is 0. The first-order valence-electron chi connectivity index (χ1n) is 5.31. The molecular formula is C11H9ClN2O2S. The van der Waals surface area contributed by atoms with E-state index in [9.17, 15) is 4.79 Å². The summed E-state index contributed by atoms with van der Waals surface area (Å²) in [6.07, 6.45) is 2.09. The maximum atomic E-state index is 11.0. The van der Waals surface area contributed by atoms with Crippen molar-refractivity contribution < 1.29 is 9.90 Å². The zero-order chi connectivity index (χ0) is 12.0. The Labute approximate surface area is 106 Å². The van der Waals surface area contributed by atoms with Gasteiger partial charge in [0.05, 0.1) is 5.92 Å². The second-order valence-corrected chi connectivity index (χ2v) is 5.64. The van der Waals surface area contributed by atoms with Gasteiger partial charge >= 0.3 is 5.97 Å². The quantitative estimate of drug-likeness (QED) is 0.863. The molecule has 2 aromatic heterocycles. The van der Waals surface area contributed by atoms with E-state index in [-0.39, 0.29) is 5.92 Å². The first kappa shape index (κ1) is 10.9. The molecule has 0 fully saturated rings. The highest BCUT2D eigenvalue weighted by Crippen LogP contribution is 2.37. The zero-order valence-electron chi connectivity index (χ0n) is 8.81. The maximum absolute atomic E-state index is 11.0. The summed E-state index contributed by atoms with van der Waals surface area (Å²) >= 11 is 7.43. The molecule has 88 valence electrons. The molecule has 0 aromatic carbocycles. The fourth-order valence-corrected chi connectivity index (χ4v) is 3.56. The van der Waals surface area contributed by atoms with Crippen molar-refractivity contribution in [2.75, 3.05) is 0 Å². The largest absolute Gasteiger partial charge is 0.481 e. The Kier molecular flexibility index (Phi) is 2.52. The normalized spacial score (nSPS) is 19.2. The number of halogens is 1. The van der Waals surface area contributed by atoms with Crippen molar-refractivity contribution in [1.82, 2.24) is 10.2 Å². The molecule has 0 aliphatic heterocycles. The molecule has 2 heterocycles. The molecule has 1 unspecified atom stereocenters. The molecule has 1 atom stereocenters. The lowest BCUT2D eigenvalue weighted by Crippen LogP contribution is -2.21. The van der Waals surface area contributed by atoms with Crippen molar-refractivity contribution in [3.8, 4) is 0 Å². The van der Waals surface area contributed by atoms with Gasteiger partial charge in [-0.25, -0.2) is 0 Å². The van der Waals surface area contributed by atoms with Crippen LogP contribution in [0.1, 0.15) is 16.9 Å². The standard InChI is InChI=1S/C11H9ClN2O2S/c12-9-4-7-6-3-5(11(15)16)1-2-8(6)17-10(7)14-13-9/h4-5H,1-3H2,(H,15,16). The van der Waals surface area contributed by atoms with Gasteiger partial charge in [-0.05, 0) is 30.9 Å². The van der Waals surface area contributed by atoms with Crippen LogP contribution in [0.15, 0.2) is 6.07 Å². The Morgan fingerprint density at radius 2 is 2.35 bits per heavy atom. The summed E-state index contributed by atoms with van der Waals surface area (Å²) in [6.45, 7) is 0. The van der Waals surface area contributed by atoms with Gasteiger partial charge < -0.3 is 5.11 Å². The summed E-state index contributed by atoms with van der Waals surface area (Å²) in [5.41, 5.74) is 1.10. The fraction of sp³-hybridized carbons (Fsp3) is 0.364. The van der Waals surface area contributed by atoms with Gasteiger partial charge in [-0.3, -0.25) is 4.79 Å². The van der Waals surface area contributed by atoms with Gasteiger partial charge in [0.25, 0.3) is 0 Å². The maximum Gasteiger partial charge on any atom is 0.306 e. The predicted molar refractivity (Wildman–Crippen MR) is 65.6 cm³/mol. The molecule has 3 rings (SSSR count). The summed E-state index contributed by atoms with van der Waals surface area (Å²) in [4.78, 5) is 13.1. The van der Waals surface area contributed by atoms with E-state index in [1.165, 1.54) is 4.88 Å². The van der Waals surface area contributed by atoms with Gasteiger partial charge in [0.1, 0.15) is 4.83 Å². The van der Waals surface area contributed by atoms with Crippen LogP contribution in [0.2, 0.25) is 5.15 Å². The van der Waals surface area contributed by atoms with Crippen LogP contribution in [0, 0.1) is 5.92 Å². The Bertz CT molecular complexity index is 611. The van der Waals surface area contributed by atoms with Crippen molar-refractivity contribution in [1.29, 1.82) is 0 Å². The second kappa shape index (κ2) is 3.92. The number of hydrogen-bond acceptors (Lipinski definition) is 4. The highest BCUT2D eigenvalue weighted by molar-refractivity contribution is 7.18. The number of rotatable bonds is 1. The van der Waals surface area contributed by atoms with Crippen molar-refractivity contribution in [2.24, 2.45) is 5.92 Å². The summed E-state index contributed by atoms with van der Waals surface area (Å²) in [5, 5.41) is 18.3. The van der Waals surface area contributed by atoms with Gasteiger partial charge in [0, 0.05) is 10.3 Å². The number of carbonyl (C=O) groups is 1. The number of fused-ring (bicyclic) bond motifs is 3. The van der Waals surface area contributed by atoms with E-state index >= 15 is 0 Å². The number of aliphatic carboxylic acids is 1. The third-order valence-corrected chi connectivity index (χ3v) is 4.51. The lowest BCUT2D eigenvalue weighted by Gasteiger charge is -2.18. The third kappa shape index (κ3) is 1.79. The van der Waals surface area contributed by atoms with E-state index in [0.717, 1.165) is 22.2 Å². The number of carboxylic acid groups (broad SMARTS) is 1. The molecule has 1 aliphatic rings. The molecule has 0 bridgehead atoms. The summed E-state index contributed by atoms with van der Waals surface area (Å²) < 4.78 is 0. The van der Waals surface area contributed by atoms with Crippen LogP contribution < -0.4 is 0 Å². The molecule has 0 saturated heterocycles. The van der Waals surface area contributed by atoms with Crippen molar-refractivity contribution in [3.63, 3.8) is 0 Å². The number of aromatic nitrogens is 2. The summed E-state index contributed by atoms with van der Waals surface area (Å²) in [6, 6.07) is 1.78. The molecule has 0 radical (unpaired) electrons. The highest BCUT2D eigenvalue weighted by Gasteiger charge is 2.27. The Morgan fingerprint density at radius 3 is 3.12 bits per heavy atom. The topological polar surface area (TPSA) is 63.1 Å². The third-order valence-electron chi connectivity index (χ3n) is 3.13. The Balaban J connectivity index is 2.13. The molecule has 6 heteroatoms. The number of aryl methyl sites for hydroxylation is 1. The summed E-state index contributed by atoms with van der Waals surface area (Å²) in [5.74, 6) is -1.00. The molecule has 0 amide bonds. The lowest BCUT2D eigenvalue weighted by atomic mass is 9.87. The molecule has 1 N–H and O–H groups in total. The van der Waals surface area contributed by atoms with Gasteiger partial charge in [-0.1, -0.05) is 11.6 Å². The van der Waals surface area contributed by atoms with Crippen molar-refractivity contribution >= 4 is 39.1 Å². The second-order valence-electron chi connectivity index (χ2n) is 4.17. The van der Waals surface area contributed by atoms with E-state index in [1.807, 2.05) is 0 Å². The predicted octanol–water partition coefficient (Wildman–Crippen LogP) is 2.53. The van der Waals surface area contributed by atoms with E-state index in [0.29, 0.717) is 18.0 Å². The number of nitrogens with zero attached hydrogens (tertiary/aromatic N) is 2. The number of thiophene rings is 1. The lowest BCUT2D eigenvalue weighted by molar-refractivity contribution is -0.142. The molecular weight excluding hydrogens is 260 g/mol. The van der Waals surface area contributed by atoms with Crippen LogP contribution in [-0.2, 0) is 17.6 Å². The van der Waals surface area contributed by atoms with Crippen LogP contribution in [0.3, 0.4) is 0 Å². The first-order valence-corrected chi connectivity index (χ1v) is 6.51. The average molecular weight is 269 g/mol. The minimum absolute atomic E-state index is 0.285. The van der Waals surface area contributed by atoms with E-state index in [1.54, 1.807) is 17.4 Å². The average Bonchev–Trinajstić information content (AvgIpc) is 2.66. The van der Waals surface area contributed by atoms with Crippen LogP contribution in [-0.4, -0.2) is 21.3 Å². The zero-order valence-corrected chi connectivity index (χ0v) is 10.4. The minimum Gasteiger partial charge on any atom is -0.481 e. The fourth-order valence-electron chi connectivity index (χ4n) is 2.27. The number of carboxylic acids is 1. The molecule has 17 heavy (non-hydrogen) atoms. The molecule has 1 aliphatic carbocycles. The van der Waals surface area contributed by atoms with Gasteiger partial charge in [-0.15, -0.1) is 21.5 Å². The molecule has 0 spiro atoms. The smallest absolute Gasteiger partial charge is 0.306 e. The van der Waals surface area contributed by atoms with Crippen LogP contribution in [0.4, 0.5) is 0 Å². The SMILES string of the molecule is O=C(O)C1CCc2sc3nnc(Cl)cc3c2C1. The van der Waals surface area contributed by atoms with Crippen LogP contribution in [0.25, 0.3) is 10.2 Å². The van der Waals surface area contributed by atoms with Crippen LogP contribution in [0.5, 0.6) is 0 Å². The number of hydrogen-bond donors (Lipinski definition) is 1. The van der Waals surface area contributed by atoms with E-state index in [4.69, 9.17) is 16.7 Å². The minimum atomic E-state index is -0.719. The molecule has 0 saturated carbocycles. The highest BCUT2D eigenvalue weighted by atomic mass is 35.5. The monoisotopic (exact) mass is 268 g/mol. The Hall–Kier alpha value is -1.20. The van der Waals surface area contributed by atoms with Gasteiger partial charge in [0.2, 0.25) is 0 Å². The van der Waals surface area contributed by atoms with E-state index < -0.39 is 5.97 Å². The van der Waals surface area contributed by atoms with Gasteiger partial charge in [-0.2, -0.15) is 0 Å². The van der Waals surface area contributed by atoms with E-state index in [2.05, 4.69) is 10.2 Å². The van der Waals surface area contributed by atoms with Crippen molar-refractivity contribution in [3.05, 3.63) is 21.7 Å².